The van der Waals surface area contributed by atoms with Crippen molar-refractivity contribution in [2.24, 2.45) is 5.73 Å². The van der Waals surface area contributed by atoms with E-state index in [4.69, 9.17) is 10.3 Å². The molecule has 0 bridgehead atoms. The van der Waals surface area contributed by atoms with Crippen molar-refractivity contribution in [1.82, 2.24) is 10.1 Å². The highest BCUT2D eigenvalue weighted by Gasteiger charge is 2.19. The number of rotatable bonds is 4. The molecule has 0 radical (unpaired) electrons. The van der Waals surface area contributed by atoms with Gasteiger partial charge in [0.1, 0.15) is 0 Å². The normalized spacial score (nSPS) is 12.4. The van der Waals surface area contributed by atoms with Crippen LogP contribution in [0.1, 0.15) is 24.2 Å². The number of nitro benzene ring substituents is 1. The predicted molar refractivity (Wildman–Crippen MR) is 68.6 cm³/mol. The van der Waals surface area contributed by atoms with Crippen LogP contribution in [0, 0.1) is 17.0 Å². The van der Waals surface area contributed by atoms with Crippen molar-refractivity contribution >= 4 is 5.69 Å². The summed E-state index contributed by atoms with van der Waals surface area (Å²) in [5, 5.41) is 14.7. The Morgan fingerprint density at radius 3 is 2.89 bits per heavy atom. The van der Waals surface area contributed by atoms with Crippen LogP contribution in [-0.4, -0.2) is 21.6 Å². The van der Waals surface area contributed by atoms with Crippen LogP contribution in [0.4, 0.5) is 5.69 Å². The monoisotopic (exact) mass is 262 g/mol. The van der Waals surface area contributed by atoms with Crippen LogP contribution in [0.25, 0.3) is 11.5 Å². The van der Waals surface area contributed by atoms with Crippen molar-refractivity contribution in [2.45, 2.75) is 19.8 Å². The summed E-state index contributed by atoms with van der Waals surface area (Å²) in [7, 11) is 0. The predicted octanol–water partition coefficient (Wildman–Crippen LogP) is 2.02. The zero-order valence-corrected chi connectivity index (χ0v) is 10.7. The zero-order chi connectivity index (χ0) is 14.0. The molecule has 1 unspecified atom stereocenters. The molecule has 1 atom stereocenters. The molecule has 0 spiro atoms. The summed E-state index contributed by atoms with van der Waals surface area (Å²) in [6.45, 7) is 3.95. The van der Waals surface area contributed by atoms with Crippen LogP contribution in [0.5, 0.6) is 0 Å². The zero-order valence-electron chi connectivity index (χ0n) is 10.7. The second kappa shape index (κ2) is 5.15. The van der Waals surface area contributed by atoms with Gasteiger partial charge in [0.2, 0.25) is 0 Å². The SMILES string of the molecule is Cc1c(-c2nc(C(C)CN)no2)cccc1[N+](=O)[O-]. The maximum absolute atomic E-state index is 10.9. The van der Waals surface area contributed by atoms with E-state index in [2.05, 4.69) is 10.1 Å². The second-order valence-corrected chi connectivity index (χ2v) is 4.30. The van der Waals surface area contributed by atoms with Crippen molar-refractivity contribution < 1.29 is 9.45 Å². The molecule has 2 rings (SSSR count). The molecule has 100 valence electrons. The number of hydrogen-bond acceptors (Lipinski definition) is 6. The van der Waals surface area contributed by atoms with Gasteiger partial charge in [-0.15, -0.1) is 0 Å². The summed E-state index contributed by atoms with van der Waals surface area (Å²) >= 11 is 0. The molecular formula is C12H14N4O3. The first-order chi connectivity index (χ1) is 9.04. The fraction of sp³-hybridized carbons (Fsp3) is 0.333. The first-order valence-corrected chi connectivity index (χ1v) is 5.82. The van der Waals surface area contributed by atoms with Gasteiger partial charge < -0.3 is 10.3 Å². The lowest BCUT2D eigenvalue weighted by molar-refractivity contribution is -0.385. The summed E-state index contributed by atoms with van der Waals surface area (Å²) in [4.78, 5) is 14.7. The van der Waals surface area contributed by atoms with E-state index in [1.54, 1.807) is 19.1 Å². The third-order valence-corrected chi connectivity index (χ3v) is 2.97. The Balaban J connectivity index is 2.45. The molecule has 1 aromatic heterocycles. The minimum absolute atomic E-state index is 0.0171. The smallest absolute Gasteiger partial charge is 0.273 e. The molecule has 1 aromatic carbocycles. The fourth-order valence-electron chi connectivity index (χ4n) is 1.70. The van der Waals surface area contributed by atoms with E-state index in [0.717, 1.165) is 0 Å². The molecule has 0 aliphatic rings. The van der Waals surface area contributed by atoms with Gasteiger partial charge in [-0.1, -0.05) is 18.1 Å². The van der Waals surface area contributed by atoms with E-state index in [1.165, 1.54) is 6.07 Å². The molecule has 0 fully saturated rings. The average Bonchev–Trinajstić information content (AvgIpc) is 2.87. The van der Waals surface area contributed by atoms with Gasteiger partial charge in [-0.3, -0.25) is 10.1 Å². The van der Waals surface area contributed by atoms with Crippen LogP contribution in [0.3, 0.4) is 0 Å². The standard InChI is InChI=1S/C12H14N4O3/c1-7(6-13)11-14-12(19-15-11)9-4-3-5-10(8(9)2)16(17)18/h3-5,7H,6,13H2,1-2H3. The quantitative estimate of drug-likeness (QED) is 0.667. The summed E-state index contributed by atoms with van der Waals surface area (Å²) in [5.41, 5.74) is 6.64. The van der Waals surface area contributed by atoms with Crippen molar-refractivity contribution in [3.8, 4) is 11.5 Å². The van der Waals surface area contributed by atoms with E-state index in [1.807, 2.05) is 6.92 Å². The molecule has 0 aliphatic heterocycles. The molecule has 1 heterocycles. The van der Waals surface area contributed by atoms with Crippen LogP contribution in [0.15, 0.2) is 22.7 Å². The Labute approximate surface area is 109 Å². The molecule has 2 N–H and O–H groups in total. The first kappa shape index (κ1) is 13.2. The molecule has 7 nitrogen and oxygen atoms in total. The molecule has 0 saturated carbocycles. The lowest BCUT2D eigenvalue weighted by Crippen LogP contribution is -2.10. The maximum Gasteiger partial charge on any atom is 0.273 e. The Morgan fingerprint density at radius 1 is 1.53 bits per heavy atom. The van der Waals surface area contributed by atoms with Gasteiger partial charge in [0.25, 0.3) is 11.6 Å². The maximum atomic E-state index is 10.9. The average molecular weight is 262 g/mol. The van der Waals surface area contributed by atoms with Crippen molar-refractivity contribution in [3.63, 3.8) is 0 Å². The van der Waals surface area contributed by atoms with Crippen molar-refractivity contribution in [2.75, 3.05) is 6.54 Å². The van der Waals surface area contributed by atoms with Gasteiger partial charge in [-0.2, -0.15) is 4.98 Å². The van der Waals surface area contributed by atoms with Gasteiger partial charge in [-0.05, 0) is 13.0 Å². The number of nitrogens with zero attached hydrogens (tertiary/aromatic N) is 3. The number of aromatic nitrogens is 2. The number of hydrogen-bond donors (Lipinski definition) is 1. The van der Waals surface area contributed by atoms with Gasteiger partial charge in [0.05, 0.1) is 4.92 Å². The van der Waals surface area contributed by atoms with Crippen LogP contribution in [0.2, 0.25) is 0 Å². The van der Waals surface area contributed by atoms with Gasteiger partial charge >= 0.3 is 0 Å². The molecule has 7 heteroatoms. The first-order valence-electron chi connectivity index (χ1n) is 5.82. The third-order valence-electron chi connectivity index (χ3n) is 2.97. The largest absolute Gasteiger partial charge is 0.334 e. The van der Waals surface area contributed by atoms with E-state index >= 15 is 0 Å². The fourth-order valence-corrected chi connectivity index (χ4v) is 1.70. The third kappa shape index (κ3) is 2.45. The lowest BCUT2D eigenvalue weighted by Gasteiger charge is -2.01. The highest BCUT2D eigenvalue weighted by atomic mass is 16.6. The Morgan fingerprint density at radius 2 is 2.26 bits per heavy atom. The molecule has 0 saturated heterocycles. The topological polar surface area (TPSA) is 108 Å². The van der Waals surface area contributed by atoms with Gasteiger partial charge in [0.15, 0.2) is 5.82 Å². The second-order valence-electron chi connectivity index (χ2n) is 4.30. The summed E-state index contributed by atoms with van der Waals surface area (Å²) in [6.07, 6.45) is 0. The number of nitrogens with two attached hydrogens (primary N) is 1. The number of benzene rings is 1. The molecule has 0 aliphatic carbocycles. The Kier molecular flexibility index (Phi) is 3.57. The molecule has 0 amide bonds. The van der Waals surface area contributed by atoms with E-state index in [-0.39, 0.29) is 17.5 Å². The van der Waals surface area contributed by atoms with Crippen molar-refractivity contribution in [3.05, 3.63) is 39.7 Å². The van der Waals surface area contributed by atoms with Crippen LogP contribution in [-0.2, 0) is 0 Å². The molecule has 2 aromatic rings. The van der Waals surface area contributed by atoms with E-state index in [9.17, 15) is 10.1 Å². The van der Waals surface area contributed by atoms with E-state index < -0.39 is 4.92 Å². The van der Waals surface area contributed by atoms with E-state index in [0.29, 0.717) is 23.5 Å². The van der Waals surface area contributed by atoms with Crippen molar-refractivity contribution in [1.29, 1.82) is 0 Å². The number of nitro groups is 1. The molecular weight excluding hydrogens is 248 g/mol. The van der Waals surface area contributed by atoms with Gasteiger partial charge in [0, 0.05) is 29.7 Å². The lowest BCUT2D eigenvalue weighted by atomic mass is 10.1. The highest BCUT2D eigenvalue weighted by Crippen LogP contribution is 2.29. The Hall–Kier alpha value is -2.28. The minimum Gasteiger partial charge on any atom is -0.334 e. The summed E-state index contributed by atoms with van der Waals surface area (Å²) in [6, 6.07) is 4.75. The summed E-state index contributed by atoms with van der Waals surface area (Å²) in [5.74, 6) is 0.761. The highest BCUT2D eigenvalue weighted by molar-refractivity contribution is 5.64. The van der Waals surface area contributed by atoms with Crippen LogP contribution >= 0.6 is 0 Å². The summed E-state index contributed by atoms with van der Waals surface area (Å²) < 4.78 is 5.15. The minimum atomic E-state index is -0.432. The van der Waals surface area contributed by atoms with Gasteiger partial charge in [-0.25, -0.2) is 0 Å². The Bertz CT molecular complexity index is 609. The van der Waals surface area contributed by atoms with Crippen LogP contribution < -0.4 is 5.73 Å². The molecule has 19 heavy (non-hydrogen) atoms.